The van der Waals surface area contributed by atoms with Crippen LogP contribution in [0.1, 0.15) is 6.92 Å². The number of rotatable bonds is 5. The van der Waals surface area contributed by atoms with E-state index in [0.717, 1.165) is 5.56 Å². The van der Waals surface area contributed by atoms with Crippen molar-refractivity contribution in [1.82, 2.24) is 29.9 Å². The third-order valence-corrected chi connectivity index (χ3v) is 3.96. The molecule has 25 heavy (non-hydrogen) atoms. The van der Waals surface area contributed by atoms with Gasteiger partial charge in [0.2, 0.25) is 5.88 Å². The first-order valence-corrected chi connectivity index (χ1v) is 7.97. The Balaban J connectivity index is 2.10. The molecule has 3 aromatic rings. The van der Waals surface area contributed by atoms with Gasteiger partial charge in [-0.15, -0.1) is 5.10 Å². The summed E-state index contributed by atoms with van der Waals surface area (Å²) in [6.07, 6.45) is 7.00. The summed E-state index contributed by atoms with van der Waals surface area (Å²) in [6.45, 7) is 1.58. The van der Waals surface area contributed by atoms with E-state index in [1.807, 2.05) is 0 Å². The van der Waals surface area contributed by atoms with Gasteiger partial charge in [0.05, 0.1) is 31.4 Å². The molecular weight excluding hydrogens is 392 g/mol. The normalized spacial score (nSPS) is 11.8. The molecular formula is C15H13BrN6O3. The van der Waals surface area contributed by atoms with Gasteiger partial charge >= 0.3 is 5.97 Å². The number of carbonyl (C=O) groups is 1. The Hall–Kier alpha value is -2.88. The average molecular weight is 405 g/mol. The molecule has 0 aromatic carbocycles. The number of methoxy groups -OCH3 is 1. The number of hydrogen-bond donors (Lipinski definition) is 0. The summed E-state index contributed by atoms with van der Waals surface area (Å²) >= 11 is 3.48. The molecule has 0 saturated carbocycles. The molecule has 9 nitrogen and oxygen atoms in total. The van der Waals surface area contributed by atoms with Crippen molar-refractivity contribution in [2.75, 3.05) is 7.11 Å². The van der Waals surface area contributed by atoms with Crippen LogP contribution in [0, 0.1) is 0 Å². The topological polar surface area (TPSA) is 105 Å². The molecule has 1 atom stereocenters. The molecule has 0 amide bonds. The van der Waals surface area contributed by atoms with Crippen LogP contribution in [-0.2, 0) is 9.53 Å². The van der Waals surface area contributed by atoms with Crippen LogP contribution in [0.2, 0.25) is 0 Å². The molecule has 0 spiro atoms. The quantitative estimate of drug-likeness (QED) is 0.592. The van der Waals surface area contributed by atoms with Gasteiger partial charge < -0.3 is 9.47 Å². The predicted octanol–water partition coefficient (Wildman–Crippen LogP) is 1.82. The lowest BCUT2D eigenvalue weighted by Crippen LogP contribution is -2.25. The van der Waals surface area contributed by atoms with Gasteiger partial charge in [-0.2, -0.15) is 10.2 Å². The molecule has 0 aliphatic heterocycles. The monoisotopic (exact) mass is 404 g/mol. The fourth-order valence-corrected chi connectivity index (χ4v) is 2.65. The molecule has 0 N–H and O–H groups in total. The predicted molar refractivity (Wildman–Crippen MR) is 90.0 cm³/mol. The summed E-state index contributed by atoms with van der Waals surface area (Å²) in [6, 6.07) is 1.77. The summed E-state index contributed by atoms with van der Waals surface area (Å²) in [5.74, 6) is 0.194. The van der Waals surface area contributed by atoms with Gasteiger partial charge in [0.1, 0.15) is 4.47 Å². The standard InChI is InChI=1S/C15H13BrN6O3/c1-9(15(23)24-2)25-14-12(16)13(10-3-4-19-20-7-10)22(21-14)11-8-17-5-6-18-11/h3-9H,1-2H3. The van der Waals surface area contributed by atoms with Crippen molar-refractivity contribution in [2.24, 2.45) is 0 Å². The number of ether oxygens (including phenoxy) is 2. The van der Waals surface area contributed by atoms with Gasteiger partial charge in [0.25, 0.3) is 0 Å². The second kappa shape index (κ2) is 7.34. The summed E-state index contributed by atoms with van der Waals surface area (Å²) in [7, 11) is 1.30. The van der Waals surface area contributed by atoms with Crippen LogP contribution in [0.4, 0.5) is 0 Å². The number of esters is 1. The van der Waals surface area contributed by atoms with Crippen LogP contribution < -0.4 is 4.74 Å². The lowest BCUT2D eigenvalue weighted by atomic mass is 10.2. The lowest BCUT2D eigenvalue weighted by Gasteiger charge is -2.09. The Kier molecular flexibility index (Phi) is 4.98. The number of aromatic nitrogens is 6. The summed E-state index contributed by atoms with van der Waals surface area (Å²) in [5, 5.41) is 12.1. The first kappa shape index (κ1) is 17.0. The van der Waals surface area contributed by atoms with E-state index in [1.165, 1.54) is 7.11 Å². The summed E-state index contributed by atoms with van der Waals surface area (Å²) in [4.78, 5) is 19.9. The zero-order chi connectivity index (χ0) is 17.8. The maximum absolute atomic E-state index is 11.6. The van der Waals surface area contributed by atoms with Crippen molar-refractivity contribution in [3.63, 3.8) is 0 Å². The minimum absolute atomic E-state index is 0.218. The molecule has 10 heteroatoms. The van der Waals surface area contributed by atoms with Crippen LogP contribution in [0.15, 0.2) is 41.5 Å². The number of nitrogens with zero attached hydrogens (tertiary/aromatic N) is 6. The lowest BCUT2D eigenvalue weighted by molar-refractivity contribution is -0.148. The summed E-state index contributed by atoms with van der Waals surface area (Å²) in [5.41, 5.74) is 1.38. The van der Waals surface area contributed by atoms with Crippen molar-refractivity contribution in [2.45, 2.75) is 13.0 Å². The van der Waals surface area contributed by atoms with Gasteiger partial charge in [-0.1, -0.05) is 0 Å². The molecule has 128 valence electrons. The average Bonchev–Trinajstić information content (AvgIpc) is 2.98. The molecule has 0 aliphatic carbocycles. The van der Waals surface area contributed by atoms with Gasteiger partial charge in [-0.05, 0) is 28.9 Å². The third kappa shape index (κ3) is 3.48. The minimum atomic E-state index is -0.824. The van der Waals surface area contributed by atoms with Gasteiger partial charge in [0.15, 0.2) is 11.9 Å². The van der Waals surface area contributed by atoms with E-state index in [9.17, 15) is 4.79 Å². The van der Waals surface area contributed by atoms with Crippen molar-refractivity contribution >= 4 is 21.9 Å². The molecule has 0 bridgehead atoms. The fourth-order valence-electron chi connectivity index (χ4n) is 2.08. The highest BCUT2D eigenvalue weighted by molar-refractivity contribution is 9.10. The Labute approximate surface area is 151 Å². The molecule has 0 aliphatic rings. The molecule has 0 fully saturated rings. The van der Waals surface area contributed by atoms with E-state index in [0.29, 0.717) is 16.0 Å². The summed E-state index contributed by atoms with van der Waals surface area (Å²) < 4.78 is 12.4. The van der Waals surface area contributed by atoms with E-state index in [2.05, 4.69) is 45.9 Å². The SMILES string of the molecule is COC(=O)C(C)Oc1nn(-c2cnccn2)c(-c2ccnnc2)c1Br. The Morgan fingerprint density at radius 1 is 1.24 bits per heavy atom. The van der Waals surface area contributed by atoms with E-state index < -0.39 is 12.1 Å². The number of carbonyl (C=O) groups excluding carboxylic acids is 1. The van der Waals surface area contributed by atoms with Crippen LogP contribution >= 0.6 is 15.9 Å². The van der Waals surface area contributed by atoms with E-state index in [4.69, 9.17) is 4.74 Å². The van der Waals surface area contributed by atoms with E-state index in [-0.39, 0.29) is 5.88 Å². The minimum Gasteiger partial charge on any atom is -0.466 e. The Morgan fingerprint density at radius 3 is 2.72 bits per heavy atom. The molecule has 0 radical (unpaired) electrons. The zero-order valence-electron chi connectivity index (χ0n) is 13.3. The second-order valence-electron chi connectivity index (χ2n) is 4.86. The van der Waals surface area contributed by atoms with Crippen LogP contribution in [0.3, 0.4) is 0 Å². The largest absolute Gasteiger partial charge is 0.466 e. The van der Waals surface area contributed by atoms with Crippen molar-refractivity contribution in [1.29, 1.82) is 0 Å². The van der Waals surface area contributed by atoms with Gasteiger partial charge in [-0.3, -0.25) is 4.98 Å². The van der Waals surface area contributed by atoms with Crippen LogP contribution in [0.5, 0.6) is 5.88 Å². The highest BCUT2D eigenvalue weighted by Gasteiger charge is 2.24. The van der Waals surface area contributed by atoms with Crippen molar-refractivity contribution in [3.8, 4) is 23.0 Å². The Morgan fingerprint density at radius 2 is 2.08 bits per heavy atom. The Bertz CT molecular complexity index is 872. The maximum atomic E-state index is 11.6. The first-order valence-electron chi connectivity index (χ1n) is 7.18. The molecule has 3 aromatic heterocycles. The first-order chi connectivity index (χ1) is 12.1. The van der Waals surface area contributed by atoms with Gasteiger partial charge in [-0.25, -0.2) is 14.5 Å². The zero-order valence-corrected chi connectivity index (χ0v) is 14.9. The second-order valence-corrected chi connectivity index (χ2v) is 5.65. The van der Waals surface area contributed by atoms with E-state index >= 15 is 0 Å². The van der Waals surface area contributed by atoms with Crippen molar-refractivity contribution < 1.29 is 14.3 Å². The highest BCUT2D eigenvalue weighted by atomic mass is 79.9. The van der Waals surface area contributed by atoms with Crippen molar-refractivity contribution in [3.05, 3.63) is 41.5 Å². The van der Waals surface area contributed by atoms with E-state index in [1.54, 1.807) is 48.7 Å². The number of hydrogen-bond acceptors (Lipinski definition) is 8. The molecule has 0 saturated heterocycles. The maximum Gasteiger partial charge on any atom is 0.346 e. The molecule has 3 heterocycles. The van der Waals surface area contributed by atoms with Gasteiger partial charge in [0, 0.05) is 18.0 Å². The number of halogens is 1. The fraction of sp³-hybridized carbons (Fsp3) is 0.200. The highest BCUT2D eigenvalue weighted by Crippen LogP contribution is 2.36. The van der Waals surface area contributed by atoms with Crippen LogP contribution in [0.25, 0.3) is 17.1 Å². The molecule has 1 unspecified atom stereocenters. The third-order valence-electron chi connectivity index (χ3n) is 3.24. The smallest absolute Gasteiger partial charge is 0.346 e. The van der Waals surface area contributed by atoms with Crippen LogP contribution in [-0.4, -0.2) is 49.1 Å². The molecule has 3 rings (SSSR count).